The van der Waals surface area contributed by atoms with E-state index >= 15 is 0 Å². The molecule has 1 fully saturated rings. The van der Waals surface area contributed by atoms with Gasteiger partial charge in [0.15, 0.2) is 0 Å². The van der Waals surface area contributed by atoms with Crippen LogP contribution in [-0.2, 0) is 14.3 Å². The van der Waals surface area contributed by atoms with E-state index in [0.717, 1.165) is 22.3 Å². The van der Waals surface area contributed by atoms with Crippen molar-refractivity contribution < 1.29 is 33.0 Å². The molecule has 7 nitrogen and oxygen atoms in total. The van der Waals surface area contributed by atoms with Crippen LogP contribution >= 0.6 is 0 Å². The van der Waals surface area contributed by atoms with Gasteiger partial charge in [-0.05, 0) is 22.3 Å². The van der Waals surface area contributed by atoms with Crippen LogP contribution in [0.15, 0.2) is 48.5 Å². The first-order valence-corrected chi connectivity index (χ1v) is 10.7. The van der Waals surface area contributed by atoms with Gasteiger partial charge in [-0.25, -0.2) is 18.4 Å². The van der Waals surface area contributed by atoms with Crippen molar-refractivity contribution in [1.82, 2.24) is 10.2 Å². The minimum atomic E-state index is -3.25. The summed E-state index contributed by atoms with van der Waals surface area (Å²) in [5.41, 5.74) is 4.31. The second-order valence-electron chi connectivity index (χ2n) is 8.49. The number of carbonyl (C=O) groups is 3. The van der Waals surface area contributed by atoms with E-state index in [1.165, 1.54) is 6.92 Å². The number of alkyl halides is 2. The third-order valence-electron chi connectivity index (χ3n) is 6.16. The van der Waals surface area contributed by atoms with Gasteiger partial charge in [0.2, 0.25) is 5.91 Å². The number of benzene rings is 2. The Labute approximate surface area is 189 Å². The molecule has 1 unspecified atom stereocenters. The van der Waals surface area contributed by atoms with Crippen LogP contribution in [-0.4, -0.2) is 59.6 Å². The van der Waals surface area contributed by atoms with Crippen LogP contribution in [0, 0.1) is 5.92 Å². The third-order valence-corrected chi connectivity index (χ3v) is 6.16. The first-order valence-electron chi connectivity index (χ1n) is 10.7. The molecule has 1 heterocycles. The predicted octanol–water partition coefficient (Wildman–Crippen LogP) is 3.48. The number of rotatable bonds is 6. The molecule has 174 valence electrons. The molecular formula is C24H24F2N2O5. The van der Waals surface area contributed by atoms with E-state index in [-0.39, 0.29) is 19.1 Å². The summed E-state index contributed by atoms with van der Waals surface area (Å²) in [7, 11) is 0. The highest BCUT2D eigenvalue weighted by Crippen LogP contribution is 2.44. The molecule has 2 atom stereocenters. The maximum absolute atomic E-state index is 13.7. The Balaban J connectivity index is 1.33. The molecule has 0 radical (unpaired) electrons. The topological polar surface area (TPSA) is 95.9 Å². The summed E-state index contributed by atoms with van der Waals surface area (Å²) in [6.07, 6.45) is -1.65. The lowest BCUT2D eigenvalue weighted by Crippen LogP contribution is -2.46. The number of alkyl carbamates (subject to hydrolysis) is 1. The number of nitrogens with one attached hydrogen (secondary N) is 1. The molecule has 1 aliphatic heterocycles. The molecule has 2 aromatic rings. The van der Waals surface area contributed by atoms with E-state index in [1.807, 2.05) is 48.5 Å². The second-order valence-corrected chi connectivity index (χ2v) is 8.49. The van der Waals surface area contributed by atoms with Gasteiger partial charge >= 0.3 is 12.1 Å². The quantitative estimate of drug-likeness (QED) is 0.691. The van der Waals surface area contributed by atoms with Crippen LogP contribution in [0.1, 0.15) is 30.4 Å². The van der Waals surface area contributed by atoms with Crippen molar-refractivity contribution in [2.75, 3.05) is 19.7 Å². The number of hydrogen-bond acceptors (Lipinski definition) is 4. The van der Waals surface area contributed by atoms with Crippen LogP contribution in [0.25, 0.3) is 11.1 Å². The first-order chi connectivity index (χ1) is 15.7. The normalized spacial score (nSPS) is 19.5. The number of fused-ring (bicyclic) bond motifs is 3. The lowest BCUT2D eigenvalue weighted by molar-refractivity contribution is -0.149. The van der Waals surface area contributed by atoms with Crippen LogP contribution in [0.3, 0.4) is 0 Å². The molecule has 2 aliphatic rings. The molecule has 2 amide bonds. The van der Waals surface area contributed by atoms with Crippen LogP contribution < -0.4 is 5.32 Å². The lowest BCUT2D eigenvalue weighted by atomic mass is 9.98. The number of ether oxygens (including phenoxy) is 1. The van der Waals surface area contributed by atoms with Gasteiger partial charge in [-0.2, -0.15) is 0 Å². The summed E-state index contributed by atoms with van der Waals surface area (Å²) in [6, 6.07) is 14.2. The van der Waals surface area contributed by atoms with Gasteiger partial charge in [0, 0.05) is 18.9 Å². The summed E-state index contributed by atoms with van der Waals surface area (Å²) < 4.78 is 32.7. The number of carboxylic acid groups (broad SMARTS) is 1. The van der Waals surface area contributed by atoms with Crippen molar-refractivity contribution in [2.24, 2.45) is 5.92 Å². The van der Waals surface area contributed by atoms with Gasteiger partial charge < -0.3 is 20.1 Å². The van der Waals surface area contributed by atoms with E-state index < -0.39 is 48.8 Å². The Morgan fingerprint density at radius 2 is 1.70 bits per heavy atom. The SMILES string of the molecule is CC(CNC(=O)OCC1c2ccccc2-c2ccccc21)C(=O)N1CC(F)(F)C[C@@H]1C(=O)O. The summed E-state index contributed by atoms with van der Waals surface area (Å²) in [5.74, 6) is -6.49. The smallest absolute Gasteiger partial charge is 0.407 e. The Morgan fingerprint density at radius 3 is 2.27 bits per heavy atom. The summed E-state index contributed by atoms with van der Waals surface area (Å²) in [4.78, 5) is 36.7. The van der Waals surface area contributed by atoms with Crippen LogP contribution in [0.5, 0.6) is 0 Å². The Morgan fingerprint density at radius 1 is 1.12 bits per heavy atom. The zero-order valence-electron chi connectivity index (χ0n) is 18.0. The molecule has 1 saturated heterocycles. The molecule has 1 aliphatic carbocycles. The molecule has 0 aromatic heterocycles. The molecule has 9 heteroatoms. The number of amides is 2. The Hall–Kier alpha value is -3.49. The largest absolute Gasteiger partial charge is 0.480 e. The summed E-state index contributed by atoms with van der Waals surface area (Å²) in [6.45, 7) is 0.436. The fraction of sp³-hybridized carbons (Fsp3) is 0.375. The van der Waals surface area contributed by atoms with Gasteiger partial charge in [-0.3, -0.25) is 4.79 Å². The number of carbonyl (C=O) groups excluding carboxylic acids is 2. The highest BCUT2D eigenvalue weighted by Gasteiger charge is 2.50. The highest BCUT2D eigenvalue weighted by atomic mass is 19.3. The monoisotopic (exact) mass is 458 g/mol. The summed E-state index contributed by atoms with van der Waals surface area (Å²) in [5, 5.41) is 11.6. The molecule has 2 N–H and O–H groups in total. The average Bonchev–Trinajstić information content (AvgIpc) is 3.30. The molecule has 0 saturated carbocycles. The van der Waals surface area contributed by atoms with Crippen molar-refractivity contribution in [2.45, 2.75) is 31.2 Å². The van der Waals surface area contributed by atoms with Crippen molar-refractivity contribution in [3.8, 4) is 11.1 Å². The summed E-state index contributed by atoms with van der Waals surface area (Å²) >= 11 is 0. The van der Waals surface area contributed by atoms with Crippen LogP contribution in [0.4, 0.5) is 13.6 Å². The second kappa shape index (κ2) is 8.80. The van der Waals surface area contributed by atoms with Gasteiger partial charge in [-0.15, -0.1) is 0 Å². The molecule has 33 heavy (non-hydrogen) atoms. The maximum Gasteiger partial charge on any atom is 0.407 e. The van der Waals surface area contributed by atoms with Gasteiger partial charge in [0.1, 0.15) is 12.6 Å². The first kappa shape index (κ1) is 22.7. The number of hydrogen-bond donors (Lipinski definition) is 2. The average molecular weight is 458 g/mol. The van der Waals surface area contributed by atoms with Gasteiger partial charge in [-0.1, -0.05) is 55.5 Å². The zero-order valence-corrected chi connectivity index (χ0v) is 18.0. The molecule has 2 aromatic carbocycles. The Kier molecular flexibility index (Phi) is 6.05. The highest BCUT2D eigenvalue weighted by molar-refractivity contribution is 5.86. The van der Waals surface area contributed by atoms with E-state index in [1.54, 1.807) is 0 Å². The van der Waals surface area contributed by atoms with Crippen LogP contribution in [0.2, 0.25) is 0 Å². The Bertz CT molecular complexity index is 1040. The number of likely N-dealkylation sites (tertiary alicyclic amines) is 1. The number of aliphatic carboxylic acids is 1. The third kappa shape index (κ3) is 4.53. The minimum Gasteiger partial charge on any atom is -0.480 e. The fourth-order valence-electron chi connectivity index (χ4n) is 4.53. The maximum atomic E-state index is 13.7. The van der Waals surface area contributed by atoms with Crippen molar-refractivity contribution in [3.05, 3.63) is 59.7 Å². The zero-order chi connectivity index (χ0) is 23.8. The predicted molar refractivity (Wildman–Crippen MR) is 115 cm³/mol. The molecular weight excluding hydrogens is 434 g/mol. The van der Waals surface area contributed by atoms with E-state index in [2.05, 4.69) is 5.32 Å². The minimum absolute atomic E-state index is 0.0988. The molecule has 0 bridgehead atoms. The fourth-order valence-corrected chi connectivity index (χ4v) is 4.53. The number of carboxylic acids is 1. The van der Waals surface area contributed by atoms with E-state index in [0.29, 0.717) is 4.90 Å². The standard InChI is InChI=1S/C24H24F2N2O5/c1-14(21(29)28-13-24(25,26)10-20(28)22(30)31)11-27-23(32)33-12-19-17-8-4-2-6-15(17)16-7-3-5-9-18(16)19/h2-9,14,19-20H,10-13H2,1H3,(H,27,32)(H,30,31)/t14?,20-/m1/s1. The van der Waals surface area contributed by atoms with Gasteiger partial charge in [0.05, 0.1) is 12.5 Å². The van der Waals surface area contributed by atoms with Crippen molar-refractivity contribution in [1.29, 1.82) is 0 Å². The molecule has 0 spiro atoms. The molecule has 4 rings (SSSR count). The van der Waals surface area contributed by atoms with Crippen molar-refractivity contribution in [3.63, 3.8) is 0 Å². The number of halogens is 2. The lowest BCUT2D eigenvalue weighted by Gasteiger charge is -2.24. The van der Waals surface area contributed by atoms with E-state index in [4.69, 9.17) is 9.84 Å². The van der Waals surface area contributed by atoms with Gasteiger partial charge in [0.25, 0.3) is 5.92 Å². The van der Waals surface area contributed by atoms with Crippen molar-refractivity contribution >= 4 is 18.0 Å². The van der Waals surface area contributed by atoms with E-state index in [9.17, 15) is 23.2 Å². The number of nitrogens with zero attached hydrogens (tertiary/aromatic N) is 1.